The molecule has 1 amide bonds. The standard InChI is InChI=1S/C17H20N2O3S2/c1-24(21,22)16-9-8-15(23-16)17(20)18-12-13-4-6-14(7-5-13)19-10-2-3-11-19/h4-9H,2-3,10-12H2,1H3,(H,18,20). The van der Waals surface area contributed by atoms with Gasteiger partial charge in [0.25, 0.3) is 5.91 Å². The molecule has 1 aromatic carbocycles. The maximum Gasteiger partial charge on any atom is 0.261 e. The van der Waals surface area contributed by atoms with Crippen molar-refractivity contribution in [1.82, 2.24) is 5.32 Å². The van der Waals surface area contributed by atoms with E-state index in [-0.39, 0.29) is 10.1 Å². The summed E-state index contributed by atoms with van der Waals surface area (Å²) >= 11 is 0.996. The zero-order chi connectivity index (χ0) is 17.2. The zero-order valence-corrected chi connectivity index (χ0v) is 15.1. The summed E-state index contributed by atoms with van der Waals surface area (Å²) in [5, 5.41) is 2.83. The van der Waals surface area contributed by atoms with E-state index in [4.69, 9.17) is 0 Å². The van der Waals surface area contributed by atoms with E-state index in [2.05, 4.69) is 22.3 Å². The van der Waals surface area contributed by atoms with Gasteiger partial charge in [0, 0.05) is 31.6 Å². The molecule has 0 saturated carbocycles. The molecule has 0 atom stereocenters. The van der Waals surface area contributed by atoms with Gasteiger partial charge < -0.3 is 10.2 Å². The lowest BCUT2D eigenvalue weighted by atomic mass is 10.2. The summed E-state index contributed by atoms with van der Waals surface area (Å²) < 4.78 is 23.1. The Morgan fingerprint density at radius 3 is 2.38 bits per heavy atom. The van der Waals surface area contributed by atoms with Crippen molar-refractivity contribution in [2.45, 2.75) is 23.6 Å². The Balaban J connectivity index is 1.59. The largest absolute Gasteiger partial charge is 0.372 e. The van der Waals surface area contributed by atoms with E-state index in [9.17, 15) is 13.2 Å². The van der Waals surface area contributed by atoms with Gasteiger partial charge in [0.05, 0.1) is 4.88 Å². The van der Waals surface area contributed by atoms with Crippen molar-refractivity contribution in [3.05, 3.63) is 46.8 Å². The average Bonchev–Trinajstić information content (AvgIpc) is 3.23. The highest BCUT2D eigenvalue weighted by Crippen LogP contribution is 2.22. The molecule has 0 radical (unpaired) electrons. The van der Waals surface area contributed by atoms with Gasteiger partial charge in [-0.25, -0.2) is 8.42 Å². The molecular formula is C17H20N2O3S2. The van der Waals surface area contributed by atoms with E-state index >= 15 is 0 Å². The number of thiophene rings is 1. The molecule has 1 aliphatic heterocycles. The third kappa shape index (κ3) is 3.96. The van der Waals surface area contributed by atoms with Crippen molar-refractivity contribution in [1.29, 1.82) is 0 Å². The van der Waals surface area contributed by atoms with E-state index in [0.717, 1.165) is 36.2 Å². The quantitative estimate of drug-likeness (QED) is 0.886. The van der Waals surface area contributed by atoms with Crippen molar-refractivity contribution in [2.24, 2.45) is 0 Å². The normalized spacial score (nSPS) is 14.8. The zero-order valence-electron chi connectivity index (χ0n) is 13.5. The van der Waals surface area contributed by atoms with Crippen LogP contribution in [0.1, 0.15) is 28.1 Å². The van der Waals surface area contributed by atoms with Crippen LogP contribution >= 0.6 is 11.3 Å². The van der Waals surface area contributed by atoms with Crippen LogP contribution in [0.3, 0.4) is 0 Å². The lowest BCUT2D eigenvalue weighted by molar-refractivity contribution is 0.0955. The van der Waals surface area contributed by atoms with Crippen molar-refractivity contribution in [3.8, 4) is 0 Å². The molecular weight excluding hydrogens is 344 g/mol. The van der Waals surface area contributed by atoms with Gasteiger partial charge in [-0.05, 0) is 42.7 Å². The molecule has 1 N–H and O–H groups in total. The molecule has 7 heteroatoms. The molecule has 1 aromatic heterocycles. The highest BCUT2D eigenvalue weighted by molar-refractivity contribution is 7.92. The first-order chi connectivity index (χ1) is 11.4. The van der Waals surface area contributed by atoms with Gasteiger partial charge >= 0.3 is 0 Å². The second kappa shape index (κ2) is 6.94. The molecule has 3 rings (SSSR count). The van der Waals surface area contributed by atoms with Gasteiger partial charge in [0.15, 0.2) is 9.84 Å². The fourth-order valence-electron chi connectivity index (χ4n) is 2.71. The number of carbonyl (C=O) groups is 1. The minimum Gasteiger partial charge on any atom is -0.372 e. The van der Waals surface area contributed by atoms with Gasteiger partial charge in [-0.2, -0.15) is 0 Å². The van der Waals surface area contributed by atoms with Crippen LogP contribution in [0.5, 0.6) is 0 Å². The number of sulfone groups is 1. The van der Waals surface area contributed by atoms with E-state index < -0.39 is 9.84 Å². The number of hydrogen-bond acceptors (Lipinski definition) is 5. The summed E-state index contributed by atoms with van der Waals surface area (Å²) in [6, 6.07) is 11.2. The lowest BCUT2D eigenvalue weighted by Gasteiger charge is -2.17. The molecule has 0 spiro atoms. The summed E-state index contributed by atoms with van der Waals surface area (Å²) in [7, 11) is -3.26. The molecule has 128 valence electrons. The lowest BCUT2D eigenvalue weighted by Crippen LogP contribution is -2.22. The first kappa shape index (κ1) is 17.0. The molecule has 0 bridgehead atoms. The molecule has 24 heavy (non-hydrogen) atoms. The van der Waals surface area contributed by atoms with Crippen LogP contribution in [0.15, 0.2) is 40.6 Å². The monoisotopic (exact) mass is 364 g/mol. The number of nitrogens with zero attached hydrogens (tertiary/aromatic N) is 1. The number of hydrogen-bond donors (Lipinski definition) is 1. The van der Waals surface area contributed by atoms with Gasteiger partial charge in [0.2, 0.25) is 0 Å². The fourth-order valence-corrected chi connectivity index (χ4v) is 4.55. The van der Waals surface area contributed by atoms with E-state index in [1.54, 1.807) is 6.07 Å². The Morgan fingerprint density at radius 1 is 1.12 bits per heavy atom. The second-order valence-electron chi connectivity index (χ2n) is 5.93. The Morgan fingerprint density at radius 2 is 1.79 bits per heavy atom. The van der Waals surface area contributed by atoms with E-state index in [1.807, 2.05) is 12.1 Å². The maximum atomic E-state index is 12.1. The first-order valence-corrected chi connectivity index (χ1v) is 10.6. The van der Waals surface area contributed by atoms with Crippen LogP contribution < -0.4 is 10.2 Å². The average molecular weight is 364 g/mol. The molecule has 1 saturated heterocycles. The summed E-state index contributed by atoms with van der Waals surface area (Å²) in [4.78, 5) is 14.9. The van der Waals surface area contributed by atoms with Crippen molar-refractivity contribution in [3.63, 3.8) is 0 Å². The summed E-state index contributed by atoms with van der Waals surface area (Å²) in [5.41, 5.74) is 2.24. The van der Waals surface area contributed by atoms with E-state index in [0.29, 0.717) is 11.4 Å². The van der Waals surface area contributed by atoms with Crippen molar-refractivity contribution in [2.75, 3.05) is 24.2 Å². The Kier molecular flexibility index (Phi) is 4.91. The molecule has 2 heterocycles. The van der Waals surface area contributed by atoms with Crippen molar-refractivity contribution < 1.29 is 13.2 Å². The second-order valence-corrected chi connectivity index (χ2v) is 9.26. The van der Waals surface area contributed by atoms with Gasteiger partial charge in [-0.15, -0.1) is 11.3 Å². The van der Waals surface area contributed by atoms with Crippen molar-refractivity contribution >= 4 is 32.8 Å². The summed E-state index contributed by atoms with van der Waals surface area (Å²) in [6.07, 6.45) is 3.63. The molecule has 1 aliphatic rings. The number of benzene rings is 1. The highest BCUT2D eigenvalue weighted by atomic mass is 32.2. The van der Waals surface area contributed by atoms with Crippen LogP contribution in [0, 0.1) is 0 Å². The predicted octanol–water partition coefficient (Wildman–Crippen LogP) is 2.68. The molecule has 0 aliphatic carbocycles. The van der Waals surface area contributed by atoms with Crippen LogP contribution in [0.2, 0.25) is 0 Å². The fraction of sp³-hybridized carbons (Fsp3) is 0.353. The predicted molar refractivity (Wildman–Crippen MR) is 96.5 cm³/mol. The first-order valence-electron chi connectivity index (χ1n) is 7.85. The maximum absolute atomic E-state index is 12.1. The van der Waals surface area contributed by atoms with Gasteiger partial charge in [-0.1, -0.05) is 12.1 Å². The summed E-state index contributed by atoms with van der Waals surface area (Å²) in [5.74, 6) is -0.251. The Hall–Kier alpha value is -1.86. The molecule has 2 aromatic rings. The Labute approximate surface area is 146 Å². The Bertz CT molecular complexity index is 820. The third-order valence-corrected chi connectivity index (χ3v) is 6.94. The van der Waals surface area contributed by atoms with Crippen LogP contribution in [0.25, 0.3) is 0 Å². The SMILES string of the molecule is CS(=O)(=O)c1ccc(C(=O)NCc2ccc(N3CCCC3)cc2)s1. The minimum absolute atomic E-state index is 0.211. The number of nitrogens with one attached hydrogen (secondary N) is 1. The highest BCUT2D eigenvalue weighted by Gasteiger charge is 2.15. The van der Waals surface area contributed by atoms with Gasteiger partial charge in [0.1, 0.15) is 4.21 Å². The van der Waals surface area contributed by atoms with Crippen LogP contribution in [-0.2, 0) is 16.4 Å². The number of amides is 1. The number of anilines is 1. The van der Waals surface area contributed by atoms with Gasteiger partial charge in [-0.3, -0.25) is 4.79 Å². The minimum atomic E-state index is -3.26. The van der Waals surface area contributed by atoms with E-state index in [1.165, 1.54) is 24.6 Å². The number of rotatable bonds is 5. The number of carbonyl (C=O) groups excluding carboxylic acids is 1. The topological polar surface area (TPSA) is 66.5 Å². The molecule has 5 nitrogen and oxygen atoms in total. The molecule has 0 unspecified atom stereocenters. The summed E-state index contributed by atoms with van der Waals surface area (Å²) in [6.45, 7) is 2.64. The molecule has 1 fully saturated rings. The van der Waals surface area contributed by atoms with Crippen LogP contribution in [0.4, 0.5) is 5.69 Å². The van der Waals surface area contributed by atoms with Crippen LogP contribution in [-0.4, -0.2) is 33.7 Å². The third-order valence-electron chi connectivity index (χ3n) is 4.03. The smallest absolute Gasteiger partial charge is 0.261 e.